The molecule has 2 N–H and O–H groups in total. The second-order valence-corrected chi connectivity index (χ2v) is 10.4. The molecule has 3 heterocycles. The zero-order chi connectivity index (χ0) is 27.3. The number of hydrazine groups is 1. The predicted molar refractivity (Wildman–Crippen MR) is 171 cm³/mol. The molecule has 41 heavy (non-hydrogen) atoms. The maximum Gasteiger partial charge on any atom is 0.162 e. The molecule has 1 aliphatic rings. The molecule has 0 saturated heterocycles. The van der Waals surface area contributed by atoms with Crippen LogP contribution >= 0.6 is 0 Å². The number of hydrogen-bond donors (Lipinski definition) is 1. The van der Waals surface area contributed by atoms with Gasteiger partial charge >= 0.3 is 0 Å². The summed E-state index contributed by atoms with van der Waals surface area (Å²) < 4.78 is 4.45. The van der Waals surface area contributed by atoms with Crippen molar-refractivity contribution < 1.29 is 0 Å². The molecule has 7 aromatic rings. The standard InChI is InChI=1S/C36H27N5/c37-41-21-8-14-29(27-17-16-25-9-4-5-10-26(25)23-27)36(41)38-24-40-33-15-7-6-13-30(33)31-18-19-34-32(35(31)40)20-22-39(34)28-11-2-1-3-12-28/h1-24,36H,37H2. The lowest BCUT2D eigenvalue weighted by Crippen LogP contribution is -2.37. The van der Waals surface area contributed by atoms with Crippen molar-refractivity contribution in [3.05, 3.63) is 145 Å². The summed E-state index contributed by atoms with van der Waals surface area (Å²) in [5.41, 5.74) is 6.69. The molecule has 0 radical (unpaired) electrons. The van der Waals surface area contributed by atoms with E-state index >= 15 is 0 Å². The number of aliphatic imine (C=N–C) groups is 1. The van der Waals surface area contributed by atoms with Gasteiger partial charge in [-0.15, -0.1) is 0 Å². The van der Waals surface area contributed by atoms with Gasteiger partial charge in [0.05, 0.1) is 22.9 Å². The Labute approximate surface area is 237 Å². The molecule has 0 aliphatic carbocycles. The van der Waals surface area contributed by atoms with E-state index in [9.17, 15) is 0 Å². The maximum atomic E-state index is 6.52. The average molecular weight is 530 g/mol. The third kappa shape index (κ3) is 3.78. The SMILES string of the molecule is NN1C=CC=C(c2ccc3ccccc3c2)C1N=Cn1c2ccccc2c2ccc3c(ccn3-c3ccccc3)c21. The van der Waals surface area contributed by atoms with E-state index in [4.69, 9.17) is 10.8 Å². The van der Waals surface area contributed by atoms with Crippen molar-refractivity contribution in [3.8, 4) is 5.69 Å². The fourth-order valence-electron chi connectivity index (χ4n) is 6.12. The van der Waals surface area contributed by atoms with Crippen molar-refractivity contribution >= 4 is 55.4 Å². The number of hydrogen-bond acceptors (Lipinski definition) is 3. The molecule has 0 amide bonds. The molecule has 1 aliphatic heterocycles. The maximum absolute atomic E-state index is 6.52. The lowest BCUT2D eigenvalue weighted by molar-refractivity contribution is 0.346. The molecule has 5 aromatic carbocycles. The van der Waals surface area contributed by atoms with Crippen LogP contribution in [0.2, 0.25) is 0 Å². The zero-order valence-electron chi connectivity index (χ0n) is 22.3. The number of nitrogens with two attached hydrogens (primary N) is 1. The first-order valence-electron chi connectivity index (χ1n) is 13.8. The van der Waals surface area contributed by atoms with Crippen LogP contribution in [0.4, 0.5) is 0 Å². The quantitative estimate of drug-likeness (QED) is 0.143. The van der Waals surface area contributed by atoms with E-state index in [0.717, 1.165) is 33.4 Å². The van der Waals surface area contributed by atoms with E-state index in [0.29, 0.717) is 0 Å². The highest BCUT2D eigenvalue weighted by Gasteiger charge is 2.22. The van der Waals surface area contributed by atoms with Crippen LogP contribution in [0.3, 0.4) is 0 Å². The van der Waals surface area contributed by atoms with Gasteiger partial charge in [0.25, 0.3) is 0 Å². The summed E-state index contributed by atoms with van der Waals surface area (Å²) in [5.74, 6) is 6.52. The van der Waals surface area contributed by atoms with Crippen LogP contribution in [-0.4, -0.2) is 26.6 Å². The molecule has 196 valence electrons. The van der Waals surface area contributed by atoms with Gasteiger partial charge < -0.3 is 4.57 Å². The molecule has 1 atom stereocenters. The number of fused-ring (bicyclic) bond motifs is 6. The molecule has 8 rings (SSSR count). The summed E-state index contributed by atoms with van der Waals surface area (Å²) in [5, 5.41) is 7.65. The van der Waals surface area contributed by atoms with Crippen molar-refractivity contribution in [2.45, 2.75) is 6.17 Å². The summed E-state index contributed by atoms with van der Waals surface area (Å²) in [6.45, 7) is 0. The van der Waals surface area contributed by atoms with E-state index in [2.05, 4.69) is 131 Å². The van der Waals surface area contributed by atoms with Crippen molar-refractivity contribution in [2.24, 2.45) is 10.8 Å². The van der Waals surface area contributed by atoms with Crippen LogP contribution in [0.5, 0.6) is 0 Å². The summed E-state index contributed by atoms with van der Waals surface area (Å²) in [7, 11) is 0. The molecule has 2 aromatic heterocycles. The molecule has 5 nitrogen and oxygen atoms in total. The molecular formula is C36H27N5. The van der Waals surface area contributed by atoms with Crippen LogP contribution in [0.15, 0.2) is 145 Å². The number of allylic oxidation sites excluding steroid dienone is 2. The highest BCUT2D eigenvalue weighted by atomic mass is 15.5. The van der Waals surface area contributed by atoms with Crippen molar-refractivity contribution in [1.29, 1.82) is 0 Å². The Morgan fingerprint density at radius 1 is 0.683 bits per heavy atom. The van der Waals surface area contributed by atoms with E-state index in [1.807, 2.05) is 24.7 Å². The van der Waals surface area contributed by atoms with Crippen LogP contribution in [0.25, 0.3) is 54.7 Å². The van der Waals surface area contributed by atoms with Gasteiger partial charge in [-0.25, -0.2) is 10.8 Å². The fourth-order valence-corrected chi connectivity index (χ4v) is 6.12. The first-order chi connectivity index (χ1) is 20.3. The Morgan fingerprint density at radius 2 is 1.49 bits per heavy atom. The second-order valence-electron chi connectivity index (χ2n) is 10.4. The van der Waals surface area contributed by atoms with Crippen molar-refractivity contribution in [1.82, 2.24) is 14.1 Å². The zero-order valence-corrected chi connectivity index (χ0v) is 22.3. The Kier molecular flexibility index (Phi) is 5.37. The number of aromatic nitrogens is 2. The van der Waals surface area contributed by atoms with E-state index in [1.54, 1.807) is 5.01 Å². The van der Waals surface area contributed by atoms with Gasteiger partial charge in [-0.1, -0.05) is 84.9 Å². The Hall–Kier alpha value is -5.39. The third-order valence-electron chi connectivity index (χ3n) is 8.07. The van der Waals surface area contributed by atoms with Gasteiger partial charge in [-0.2, -0.15) is 0 Å². The topological polar surface area (TPSA) is 51.5 Å². The summed E-state index contributed by atoms with van der Waals surface area (Å²) in [6.07, 6.45) is 9.68. The van der Waals surface area contributed by atoms with Gasteiger partial charge in [-0.05, 0) is 58.8 Å². The van der Waals surface area contributed by atoms with E-state index in [-0.39, 0.29) is 6.17 Å². The van der Waals surface area contributed by atoms with Gasteiger partial charge in [0.2, 0.25) is 0 Å². The van der Waals surface area contributed by atoms with Gasteiger partial charge in [0.15, 0.2) is 6.17 Å². The summed E-state index contributed by atoms with van der Waals surface area (Å²) in [6, 6.07) is 40.5. The number of benzene rings is 5. The minimum Gasteiger partial charge on any atom is -0.316 e. The number of para-hydroxylation sites is 2. The molecule has 0 spiro atoms. The van der Waals surface area contributed by atoms with Gasteiger partial charge in [0.1, 0.15) is 0 Å². The summed E-state index contributed by atoms with van der Waals surface area (Å²) in [4.78, 5) is 5.13. The first-order valence-corrected chi connectivity index (χ1v) is 13.8. The van der Waals surface area contributed by atoms with Crippen LogP contribution in [-0.2, 0) is 0 Å². The Bertz CT molecular complexity index is 2180. The minimum atomic E-state index is -0.370. The summed E-state index contributed by atoms with van der Waals surface area (Å²) >= 11 is 0. The van der Waals surface area contributed by atoms with E-state index in [1.165, 1.54) is 26.9 Å². The average Bonchev–Trinajstić information content (AvgIpc) is 3.60. The van der Waals surface area contributed by atoms with Crippen LogP contribution in [0.1, 0.15) is 5.56 Å². The highest BCUT2D eigenvalue weighted by molar-refractivity contribution is 6.20. The predicted octanol–water partition coefficient (Wildman–Crippen LogP) is 7.88. The molecule has 0 bridgehead atoms. The molecule has 1 unspecified atom stereocenters. The molecule has 5 heteroatoms. The molecular weight excluding hydrogens is 502 g/mol. The number of rotatable bonds is 4. The Balaban J connectivity index is 1.29. The molecule has 0 fully saturated rings. The lowest BCUT2D eigenvalue weighted by Gasteiger charge is -2.28. The highest BCUT2D eigenvalue weighted by Crippen LogP contribution is 2.35. The van der Waals surface area contributed by atoms with Crippen molar-refractivity contribution in [2.75, 3.05) is 0 Å². The van der Waals surface area contributed by atoms with Crippen LogP contribution in [0, 0.1) is 0 Å². The normalized spacial score (nSPS) is 15.6. The monoisotopic (exact) mass is 529 g/mol. The van der Waals surface area contributed by atoms with E-state index < -0.39 is 0 Å². The minimum absolute atomic E-state index is 0.370. The van der Waals surface area contributed by atoms with Crippen molar-refractivity contribution in [3.63, 3.8) is 0 Å². The second kappa shape index (κ2) is 9.37. The fraction of sp³-hybridized carbons (Fsp3) is 0.0278. The van der Waals surface area contributed by atoms with Crippen LogP contribution < -0.4 is 5.84 Å². The lowest BCUT2D eigenvalue weighted by atomic mass is 9.98. The van der Waals surface area contributed by atoms with Gasteiger partial charge in [-0.3, -0.25) is 9.58 Å². The Morgan fingerprint density at radius 3 is 2.39 bits per heavy atom. The number of nitrogens with zero attached hydrogens (tertiary/aromatic N) is 4. The third-order valence-corrected chi connectivity index (χ3v) is 8.07. The van der Waals surface area contributed by atoms with Gasteiger partial charge in [0, 0.05) is 39.8 Å². The first kappa shape index (κ1) is 23.5. The largest absolute Gasteiger partial charge is 0.316 e. The molecule has 0 saturated carbocycles. The smallest absolute Gasteiger partial charge is 0.162 e.